The van der Waals surface area contributed by atoms with Gasteiger partial charge in [0, 0.05) is 17.3 Å². The van der Waals surface area contributed by atoms with Gasteiger partial charge < -0.3 is 15.6 Å². The summed E-state index contributed by atoms with van der Waals surface area (Å²) >= 11 is 0. The molecule has 2 aromatic carbocycles. The number of hydrogen-bond donors (Lipinski definition) is 2. The van der Waals surface area contributed by atoms with Crippen LogP contribution in [-0.2, 0) is 0 Å². The van der Waals surface area contributed by atoms with Crippen LogP contribution in [0.2, 0.25) is 0 Å². The monoisotopic (exact) mass is 335 g/mol. The largest absolute Gasteiger partial charge is 0.507 e. The lowest BCUT2D eigenvalue weighted by atomic mass is 10.00. The minimum atomic E-state index is 0.154. The van der Waals surface area contributed by atoms with Crippen molar-refractivity contribution in [1.29, 1.82) is 0 Å². The number of anilines is 1. The molecule has 128 valence electrons. The standard InChI is InChI=1S/C20H21N3O2/c1-2-3-12-25-15-10-8-14(9-11-15)17-13-22-20(21)23-19(17)16-6-4-5-7-18(16)24/h4-11,13,24H,2-3,12H2,1H3,(H2,21,22,23). The quantitative estimate of drug-likeness (QED) is 0.657. The number of rotatable bonds is 6. The molecular formula is C20H21N3O2. The summed E-state index contributed by atoms with van der Waals surface area (Å²) in [7, 11) is 0. The molecule has 1 aromatic heterocycles. The van der Waals surface area contributed by atoms with Gasteiger partial charge in [-0.2, -0.15) is 0 Å². The Bertz CT molecular complexity index is 848. The fraction of sp³-hybridized carbons (Fsp3) is 0.200. The molecule has 25 heavy (non-hydrogen) atoms. The van der Waals surface area contributed by atoms with E-state index in [1.165, 1.54) is 0 Å². The number of unbranched alkanes of at least 4 members (excludes halogenated alkanes) is 1. The summed E-state index contributed by atoms with van der Waals surface area (Å²) < 4.78 is 5.70. The predicted octanol–water partition coefficient (Wildman–Crippen LogP) is 4.28. The van der Waals surface area contributed by atoms with Gasteiger partial charge in [0.05, 0.1) is 12.3 Å². The number of phenols is 1. The van der Waals surface area contributed by atoms with Gasteiger partial charge in [0.15, 0.2) is 0 Å². The van der Waals surface area contributed by atoms with Crippen molar-refractivity contribution in [2.45, 2.75) is 19.8 Å². The van der Waals surface area contributed by atoms with E-state index >= 15 is 0 Å². The zero-order valence-corrected chi connectivity index (χ0v) is 14.1. The molecule has 5 heteroatoms. The topological polar surface area (TPSA) is 81.3 Å². The van der Waals surface area contributed by atoms with Gasteiger partial charge >= 0.3 is 0 Å². The third-order valence-electron chi connectivity index (χ3n) is 3.90. The normalized spacial score (nSPS) is 10.6. The van der Waals surface area contributed by atoms with Crippen molar-refractivity contribution < 1.29 is 9.84 Å². The summed E-state index contributed by atoms with van der Waals surface area (Å²) in [5.74, 6) is 1.15. The Labute approximate surface area is 147 Å². The molecule has 0 atom stereocenters. The van der Waals surface area contributed by atoms with Crippen LogP contribution in [0.3, 0.4) is 0 Å². The summed E-state index contributed by atoms with van der Waals surface area (Å²) in [5.41, 5.74) is 8.72. The number of ether oxygens (including phenoxy) is 1. The fourth-order valence-corrected chi connectivity index (χ4v) is 2.55. The molecule has 0 amide bonds. The second-order valence-electron chi connectivity index (χ2n) is 5.73. The first-order valence-electron chi connectivity index (χ1n) is 8.33. The summed E-state index contributed by atoms with van der Waals surface area (Å²) in [4.78, 5) is 8.45. The molecule has 3 rings (SSSR count). The van der Waals surface area contributed by atoms with Gasteiger partial charge in [-0.3, -0.25) is 0 Å². The minimum absolute atomic E-state index is 0.154. The number of aromatic nitrogens is 2. The van der Waals surface area contributed by atoms with E-state index in [1.54, 1.807) is 18.3 Å². The van der Waals surface area contributed by atoms with Crippen molar-refractivity contribution in [3.63, 3.8) is 0 Å². The molecule has 0 aliphatic rings. The molecule has 0 bridgehead atoms. The maximum Gasteiger partial charge on any atom is 0.220 e. The minimum Gasteiger partial charge on any atom is -0.507 e. The second-order valence-corrected chi connectivity index (χ2v) is 5.73. The molecule has 0 unspecified atom stereocenters. The summed E-state index contributed by atoms with van der Waals surface area (Å²) in [6.07, 6.45) is 3.81. The van der Waals surface area contributed by atoms with Crippen molar-refractivity contribution in [2.24, 2.45) is 0 Å². The molecule has 0 spiro atoms. The molecule has 5 nitrogen and oxygen atoms in total. The van der Waals surface area contributed by atoms with E-state index in [9.17, 15) is 5.11 Å². The third kappa shape index (κ3) is 3.88. The highest BCUT2D eigenvalue weighted by atomic mass is 16.5. The van der Waals surface area contributed by atoms with Crippen LogP contribution in [0.1, 0.15) is 19.8 Å². The number of hydrogen-bond acceptors (Lipinski definition) is 5. The Kier molecular flexibility index (Phi) is 5.14. The SMILES string of the molecule is CCCCOc1ccc(-c2cnc(N)nc2-c2ccccc2O)cc1. The third-order valence-corrected chi connectivity index (χ3v) is 3.90. The van der Waals surface area contributed by atoms with E-state index in [-0.39, 0.29) is 11.7 Å². The highest BCUT2D eigenvalue weighted by Crippen LogP contribution is 2.35. The number of phenolic OH excluding ortho intramolecular Hbond substituents is 1. The van der Waals surface area contributed by atoms with Crippen molar-refractivity contribution in [3.05, 3.63) is 54.7 Å². The van der Waals surface area contributed by atoms with Crippen LogP contribution in [0, 0.1) is 0 Å². The smallest absolute Gasteiger partial charge is 0.220 e. The van der Waals surface area contributed by atoms with Gasteiger partial charge in [-0.05, 0) is 36.2 Å². The lowest BCUT2D eigenvalue weighted by Gasteiger charge is -2.11. The van der Waals surface area contributed by atoms with Gasteiger partial charge in [0.25, 0.3) is 0 Å². The fourth-order valence-electron chi connectivity index (χ4n) is 2.55. The lowest BCUT2D eigenvalue weighted by molar-refractivity contribution is 0.309. The highest BCUT2D eigenvalue weighted by molar-refractivity contribution is 5.83. The van der Waals surface area contributed by atoms with Crippen molar-refractivity contribution in [2.75, 3.05) is 12.3 Å². The van der Waals surface area contributed by atoms with Crippen LogP contribution in [-0.4, -0.2) is 21.7 Å². The average molecular weight is 335 g/mol. The van der Waals surface area contributed by atoms with Crippen molar-refractivity contribution in [1.82, 2.24) is 9.97 Å². The van der Waals surface area contributed by atoms with Crippen LogP contribution in [0.4, 0.5) is 5.95 Å². The lowest BCUT2D eigenvalue weighted by Crippen LogP contribution is -1.99. The molecule has 0 fully saturated rings. The summed E-state index contributed by atoms with van der Waals surface area (Å²) in [6, 6.07) is 14.8. The molecular weight excluding hydrogens is 314 g/mol. The zero-order chi connectivity index (χ0) is 17.6. The molecule has 0 saturated heterocycles. The number of nitrogens with zero attached hydrogens (tertiary/aromatic N) is 2. The Morgan fingerprint density at radius 1 is 1.04 bits per heavy atom. The van der Waals surface area contributed by atoms with Gasteiger partial charge in [-0.15, -0.1) is 0 Å². The molecule has 0 radical (unpaired) electrons. The van der Waals surface area contributed by atoms with Crippen molar-refractivity contribution >= 4 is 5.95 Å². The second kappa shape index (κ2) is 7.66. The molecule has 0 aliphatic heterocycles. The van der Waals surface area contributed by atoms with E-state index in [2.05, 4.69) is 16.9 Å². The maximum absolute atomic E-state index is 10.2. The highest BCUT2D eigenvalue weighted by Gasteiger charge is 2.14. The number of aromatic hydroxyl groups is 1. The van der Waals surface area contributed by atoms with E-state index in [4.69, 9.17) is 10.5 Å². The number of nitrogens with two attached hydrogens (primary N) is 1. The first-order chi connectivity index (χ1) is 12.2. The van der Waals surface area contributed by atoms with Crippen LogP contribution in [0.25, 0.3) is 22.4 Å². The average Bonchev–Trinajstić information content (AvgIpc) is 2.63. The first-order valence-corrected chi connectivity index (χ1v) is 8.33. The van der Waals surface area contributed by atoms with Gasteiger partial charge in [-0.1, -0.05) is 37.6 Å². The van der Waals surface area contributed by atoms with Crippen LogP contribution >= 0.6 is 0 Å². The number of nitrogen functional groups attached to an aromatic ring is 1. The number of benzene rings is 2. The van der Waals surface area contributed by atoms with E-state index in [1.807, 2.05) is 36.4 Å². The van der Waals surface area contributed by atoms with E-state index in [0.29, 0.717) is 17.9 Å². The molecule has 3 N–H and O–H groups in total. The van der Waals surface area contributed by atoms with Gasteiger partial charge in [0.2, 0.25) is 5.95 Å². The summed E-state index contributed by atoms with van der Waals surface area (Å²) in [5, 5.41) is 10.2. The zero-order valence-electron chi connectivity index (χ0n) is 14.1. The Balaban J connectivity index is 1.96. The van der Waals surface area contributed by atoms with Crippen molar-refractivity contribution in [3.8, 4) is 33.9 Å². The molecule has 1 heterocycles. The number of para-hydroxylation sites is 1. The first kappa shape index (κ1) is 16.8. The van der Waals surface area contributed by atoms with Gasteiger partial charge in [-0.25, -0.2) is 9.97 Å². The molecule has 0 saturated carbocycles. The Hall–Kier alpha value is -3.08. The van der Waals surface area contributed by atoms with E-state index in [0.717, 1.165) is 29.7 Å². The molecule has 0 aliphatic carbocycles. The maximum atomic E-state index is 10.2. The van der Waals surface area contributed by atoms with Crippen LogP contribution < -0.4 is 10.5 Å². The van der Waals surface area contributed by atoms with E-state index < -0.39 is 0 Å². The summed E-state index contributed by atoms with van der Waals surface area (Å²) in [6.45, 7) is 2.85. The Morgan fingerprint density at radius 2 is 1.80 bits per heavy atom. The predicted molar refractivity (Wildman–Crippen MR) is 99.4 cm³/mol. The van der Waals surface area contributed by atoms with Crippen LogP contribution in [0.15, 0.2) is 54.7 Å². The Morgan fingerprint density at radius 3 is 2.52 bits per heavy atom. The van der Waals surface area contributed by atoms with Gasteiger partial charge in [0.1, 0.15) is 11.5 Å². The molecule has 3 aromatic rings. The van der Waals surface area contributed by atoms with Crippen LogP contribution in [0.5, 0.6) is 11.5 Å².